The first kappa shape index (κ1) is 11.3. The Bertz CT molecular complexity index is 179. The second kappa shape index (κ2) is 5.82. The summed E-state index contributed by atoms with van der Waals surface area (Å²) in [6, 6.07) is -0.161. The fourth-order valence-electron chi connectivity index (χ4n) is 1.72. The predicted molar refractivity (Wildman–Crippen MR) is 54.1 cm³/mol. The van der Waals surface area contributed by atoms with Crippen molar-refractivity contribution >= 4 is 6.03 Å². The zero-order chi connectivity index (χ0) is 10.4. The van der Waals surface area contributed by atoms with Gasteiger partial charge in [0.1, 0.15) is 0 Å². The van der Waals surface area contributed by atoms with Crippen LogP contribution < -0.4 is 11.1 Å². The quantitative estimate of drug-likeness (QED) is 0.660. The molecule has 0 saturated carbocycles. The Balaban J connectivity index is 2.14. The molecule has 0 aromatic heterocycles. The summed E-state index contributed by atoms with van der Waals surface area (Å²) in [6.07, 6.45) is 1.96. The van der Waals surface area contributed by atoms with Gasteiger partial charge in [-0.25, -0.2) is 4.79 Å². The summed E-state index contributed by atoms with van der Waals surface area (Å²) < 4.78 is 5.00. The first-order chi connectivity index (χ1) is 6.72. The summed E-state index contributed by atoms with van der Waals surface area (Å²) >= 11 is 0. The van der Waals surface area contributed by atoms with Crippen molar-refractivity contribution in [3.8, 4) is 0 Å². The lowest BCUT2D eigenvalue weighted by Crippen LogP contribution is -2.46. The Labute approximate surface area is 84.6 Å². The van der Waals surface area contributed by atoms with Crippen molar-refractivity contribution in [1.82, 2.24) is 10.2 Å². The molecule has 0 aromatic rings. The molecule has 1 fully saturated rings. The SMILES string of the molecule is COCCN1CCC(NC(N)=O)CC1. The van der Waals surface area contributed by atoms with Crippen molar-refractivity contribution in [2.24, 2.45) is 5.73 Å². The standard InChI is InChI=1S/C9H19N3O2/c1-14-7-6-12-4-2-8(3-5-12)11-9(10)13/h8H,2-7H2,1H3,(H3,10,11,13). The molecule has 2 amide bonds. The van der Waals surface area contributed by atoms with Gasteiger partial charge in [0.15, 0.2) is 0 Å². The molecular weight excluding hydrogens is 182 g/mol. The molecule has 5 heteroatoms. The maximum Gasteiger partial charge on any atom is 0.312 e. The largest absolute Gasteiger partial charge is 0.383 e. The summed E-state index contributed by atoms with van der Waals surface area (Å²) in [5.74, 6) is 0. The highest BCUT2D eigenvalue weighted by Gasteiger charge is 2.19. The third-order valence-electron chi connectivity index (χ3n) is 2.55. The second-order valence-corrected chi connectivity index (χ2v) is 3.62. The summed E-state index contributed by atoms with van der Waals surface area (Å²) in [5, 5.41) is 2.74. The van der Waals surface area contributed by atoms with Crippen LogP contribution in [0.15, 0.2) is 0 Å². The van der Waals surface area contributed by atoms with Crippen LogP contribution in [-0.2, 0) is 4.74 Å². The molecule has 0 atom stereocenters. The molecule has 0 unspecified atom stereocenters. The highest BCUT2D eigenvalue weighted by Crippen LogP contribution is 2.09. The molecule has 1 rings (SSSR count). The van der Waals surface area contributed by atoms with E-state index in [9.17, 15) is 4.79 Å². The van der Waals surface area contributed by atoms with Gasteiger partial charge in [-0.3, -0.25) is 0 Å². The van der Waals surface area contributed by atoms with Crippen molar-refractivity contribution in [3.05, 3.63) is 0 Å². The van der Waals surface area contributed by atoms with Gasteiger partial charge in [-0.15, -0.1) is 0 Å². The van der Waals surface area contributed by atoms with Crippen LogP contribution in [0.1, 0.15) is 12.8 Å². The van der Waals surface area contributed by atoms with Crippen LogP contribution >= 0.6 is 0 Å². The maximum absolute atomic E-state index is 10.6. The molecule has 14 heavy (non-hydrogen) atoms. The number of urea groups is 1. The number of hydrogen-bond donors (Lipinski definition) is 2. The van der Waals surface area contributed by atoms with Gasteiger partial charge in [0.25, 0.3) is 0 Å². The van der Waals surface area contributed by atoms with Gasteiger partial charge in [-0.1, -0.05) is 0 Å². The van der Waals surface area contributed by atoms with E-state index in [1.165, 1.54) is 0 Å². The lowest BCUT2D eigenvalue weighted by molar-refractivity contribution is 0.127. The van der Waals surface area contributed by atoms with Crippen LogP contribution in [-0.4, -0.2) is 50.3 Å². The number of carbonyl (C=O) groups excluding carboxylic acids is 1. The second-order valence-electron chi connectivity index (χ2n) is 3.62. The topological polar surface area (TPSA) is 67.6 Å². The van der Waals surface area contributed by atoms with E-state index in [2.05, 4.69) is 10.2 Å². The van der Waals surface area contributed by atoms with E-state index in [0.717, 1.165) is 39.1 Å². The molecule has 0 aliphatic carbocycles. The van der Waals surface area contributed by atoms with E-state index in [4.69, 9.17) is 10.5 Å². The molecule has 1 heterocycles. The lowest BCUT2D eigenvalue weighted by atomic mass is 10.1. The molecule has 3 N–H and O–H groups in total. The number of nitrogens with one attached hydrogen (secondary N) is 1. The van der Waals surface area contributed by atoms with Crippen LogP contribution in [0.4, 0.5) is 4.79 Å². The van der Waals surface area contributed by atoms with Crippen molar-refractivity contribution < 1.29 is 9.53 Å². The Morgan fingerprint density at radius 1 is 1.57 bits per heavy atom. The number of carbonyl (C=O) groups is 1. The molecule has 1 aliphatic heterocycles. The zero-order valence-corrected chi connectivity index (χ0v) is 8.66. The number of hydrogen-bond acceptors (Lipinski definition) is 3. The van der Waals surface area contributed by atoms with Gasteiger partial charge < -0.3 is 20.7 Å². The van der Waals surface area contributed by atoms with E-state index in [0.29, 0.717) is 0 Å². The van der Waals surface area contributed by atoms with Gasteiger partial charge in [-0.05, 0) is 12.8 Å². The third-order valence-corrected chi connectivity index (χ3v) is 2.55. The number of ether oxygens (including phenoxy) is 1. The summed E-state index contributed by atoms with van der Waals surface area (Å²) in [5.41, 5.74) is 5.05. The Morgan fingerprint density at radius 2 is 2.21 bits per heavy atom. The normalized spacial score (nSPS) is 19.5. The summed E-state index contributed by atoms with van der Waals surface area (Å²) in [7, 11) is 1.71. The van der Waals surface area contributed by atoms with Crippen molar-refractivity contribution in [1.29, 1.82) is 0 Å². The Morgan fingerprint density at radius 3 is 2.71 bits per heavy atom. The fraction of sp³-hybridized carbons (Fsp3) is 0.889. The average molecular weight is 201 g/mol. The third kappa shape index (κ3) is 3.93. The number of methoxy groups -OCH3 is 1. The number of piperidine rings is 1. The van der Waals surface area contributed by atoms with Crippen LogP contribution in [0.3, 0.4) is 0 Å². The van der Waals surface area contributed by atoms with Crippen molar-refractivity contribution in [2.45, 2.75) is 18.9 Å². The van der Waals surface area contributed by atoms with Gasteiger partial charge in [0.2, 0.25) is 0 Å². The number of nitrogens with two attached hydrogens (primary N) is 1. The van der Waals surface area contributed by atoms with Gasteiger partial charge in [0.05, 0.1) is 6.61 Å². The fourth-order valence-corrected chi connectivity index (χ4v) is 1.72. The smallest absolute Gasteiger partial charge is 0.312 e. The minimum Gasteiger partial charge on any atom is -0.383 e. The molecule has 82 valence electrons. The minimum atomic E-state index is -0.416. The van der Waals surface area contributed by atoms with Crippen LogP contribution in [0.5, 0.6) is 0 Å². The van der Waals surface area contributed by atoms with Crippen molar-refractivity contribution in [2.75, 3.05) is 33.4 Å². The molecule has 0 bridgehead atoms. The molecule has 0 radical (unpaired) electrons. The molecule has 1 aliphatic rings. The molecule has 0 spiro atoms. The molecule has 0 aromatic carbocycles. The van der Waals surface area contributed by atoms with Gasteiger partial charge >= 0.3 is 6.03 Å². The summed E-state index contributed by atoms with van der Waals surface area (Å²) in [4.78, 5) is 12.9. The number of likely N-dealkylation sites (tertiary alicyclic amines) is 1. The predicted octanol–water partition coefficient (Wildman–Crippen LogP) is -0.234. The van der Waals surface area contributed by atoms with E-state index < -0.39 is 6.03 Å². The monoisotopic (exact) mass is 201 g/mol. The summed E-state index contributed by atoms with van der Waals surface area (Å²) in [6.45, 7) is 3.76. The number of rotatable bonds is 4. The van der Waals surface area contributed by atoms with Crippen molar-refractivity contribution in [3.63, 3.8) is 0 Å². The molecule has 1 saturated heterocycles. The van der Waals surface area contributed by atoms with Crippen LogP contribution in [0.25, 0.3) is 0 Å². The average Bonchev–Trinajstić information content (AvgIpc) is 2.16. The van der Waals surface area contributed by atoms with E-state index in [-0.39, 0.29) is 6.04 Å². The number of amides is 2. The minimum absolute atomic E-state index is 0.256. The first-order valence-electron chi connectivity index (χ1n) is 4.99. The van der Waals surface area contributed by atoms with E-state index >= 15 is 0 Å². The zero-order valence-electron chi connectivity index (χ0n) is 8.66. The molecular formula is C9H19N3O2. The Hall–Kier alpha value is -0.810. The highest BCUT2D eigenvalue weighted by atomic mass is 16.5. The van der Waals surface area contributed by atoms with Gasteiger partial charge in [0, 0.05) is 32.8 Å². The first-order valence-corrected chi connectivity index (χ1v) is 4.99. The van der Waals surface area contributed by atoms with Crippen LogP contribution in [0, 0.1) is 0 Å². The number of primary amides is 1. The number of nitrogens with zero attached hydrogens (tertiary/aromatic N) is 1. The van der Waals surface area contributed by atoms with Crippen LogP contribution in [0.2, 0.25) is 0 Å². The lowest BCUT2D eigenvalue weighted by Gasteiger charge is -2.31. The molecule has 5 nitrogen and oxygen atoms in total. The Kier molecular flexibility index (Phi) is 4.69. The maximum atomic E-state index is 10.6. The highest BCUT2D eigenvalue weighted by molar-refractivity contribution is 5.71. The van der Waals surface area contributed by atoms with E-state index in [1.807, 2.05) is 0 Å². The van der Waals surface area contributed by atoms with Gasteiger partial charge in [-0.2, -0.15) is 0 Å². The van der Waals surface area contributed by atoms with E-state index in [1.54, 1.807) is 7.11 Å².